The Labute approximate surface area is 151 Å². The number of anilines is 1. The van der Waals surface area contributed by atoms with E-state index in [2.05, 4.69) is 11.1 Å². The van der Waals surface area contributed by atoms with E-state index in [0.29, 0.717) is 16.8 Å². The lowest BCUT2D eigenvalue weighted by Gasteiger charge is -2.14. The number of aromatic amines is 1. The summed E-state index contributed by atoms with van der Waals surface area (Å²) in [5, 5.41) is 29.4. The van der Waals surface area contributed by atoms with E-state index in [-0.39, 0.29) is 5.57 Å². The number of aromatic nitrogens is 1. The molecular formula is C21H15N5. The molecule has 0 aliphatic heterocycles. The molecule has 0 fully saturated rings. The predicted octanol–water partition coefficient (Wildman–Crippen LogP) is 3.95. The fourth-order valence-electron chi connectivity index (χ4n) is 2.96. The second-order valence-corrected chi connectivity index (χ2v) is 5.95. The lowest BCUT2D eigenvalue weighted by Crippen LogP contribution is -2.08. The van der Waals surface area contributed by atoms with Crippen LogP contribution < -0.4 is 4.90 Å². The summed E-state index contributed by atoms with van der Waals surface area (Å²) in [6.07, 6.45) is 0. The first-order valence-electron chi connectivity index (χ1n) is 7.94. The topological polar surface area (TPSA) is 90.4 Å². The van der Waals surface area contributed by atoms with Crippen LogP contribution in [0.3, 0.4) is 0 Å². The highest BCUT2D eigenvalue weighted by molar-refractivity contribution is 6.01. The highest BCUT2D eigenvalue weighted by Gasteiger charge is 2.20. The Bertz CT molecular complexity index is 1110. The van der Waals surface area contributed by atoms with Gasteiger partial charge in [-0.3, -0.25) is 0 Å². The quantitative estimate of drug-likeness (QED) is 0.733. The van der Waals surface area contributed by atoms with Crippen LogP contribution in [0.15, 0.2) is 54.1 Å². The molecule has 3 aromatic rings. The number of hydrogen-bond acceptors (Lipinski definition) is 4. The minimum atomic E-state index is -0.0242. The highest BCUT2D eigenvalue weighted by atomic mass is 15.1. The Morgan fingerprint density at radius 3 is 2.15 bits per heavy atom. The maximum atomic E-state index is 9.58. The first-order chi connectivity index (χ1) is 12.6. The van der Waals surface area contributed by atoms with Gasteiger partial charge in [-0.1, -0.05) is 30.3 Å². The van der Waals surface area contributed by atoms with Gasteiger partial charge in [0.2, 0.25) is 0 Å². The zero-order chi connectivity index (χ0) is 18.7. The normalized spacial score (nSPS) is 9.81. The van der Waals surface area contributed by atoms with E-state index in [1.807, 2.05) is 79.7 Å². The van der Waals surface area contributed by atoms with Crippen molar-refractivity contribution in [3.05, 3.63) is 70.9 Å². The summed E-state index contributed by atoms with van der Waals surface area (Å²) >= 11 is 0. The summed E-state index contributed by atoms with van der Waals surface area (Å²) in [5.41, 5.74) is 3.87. The van der Waals surface area contributed by atoms with Crippen LogP contribution >= 0.6 is 0 Å². The average Bonchev–Trinajstić information content (AvgIpc) is 3.04. The Balaban J connectivity index is 2.36. The molecule has 0 atom stereocenters. The van der Waals surface area contributed by atoms with Crippen LogP contribution in [0.4, 0.5) is 5.69 Å². The van der Waals surface area contributed by atoms with Crippen LogP contribution in [-0.2, 0) is 0 Å². The molecule has 26 heavy (non-hydrogen) atoms. The van der Waals surface area contributed by atoms with Gasteiger partial charge in [-0.15, -0.1) is 0 Å². The van der Waals surface area contributed by atoms with Crippen molar-refractivity contribution in [2.24, 2.45) is 0 Å². The van der Waals surface area contributed by atoms with Gasteiger partial charge in [-0.25, -0.2) is 0 Å². The molecule has 0 saturated heterocycles. The van der Waals surface area contributed by atoms with Crippen LogP contribution in [-0.4, -0.2) is 19.1 Å². The van der Waals surface area contributed by atoms with Crippen molar-refractivity contribution in [2.45, 2.75) is 0 Å². The first kappa shape index (κ1) is 16.8. The number of benzene rings is 2. The van der Waals surface area contributed by atoms with E-state index in [9.17, 15) is 15.8 Å². The fraction of sp³-hybridized carbons (Fsp3) is 0.0952. The maximum Gasteiger partial charge on any atom is 0.138 e. The number of nitrogens with zero attached hydrogens (tertiary/aromatic N) is 4. The molecule has 0 bridgehead atoms. The summed E-state index contributed by atoms with van der Waals surface area (Å²) in [4.78, 5) is 5.04. The molecule has 1 heterocycles. The third kappa shape index (κ3) is 2.77. The number of nitrogens with one attached hydrogen (secondary N) is 1. The third-order valence-electron chi connectivity index (χ3n) is 4.21. The van der Waals surface area contributed by atoms with Crippen molar-refractivity contribution < 1.29 is 0 Å². The Kier molecular flexibility index (Phi) is 4.44. The SMILES string of the molecule is CN(C)c1ccc(C(=C(C#N)C#N)c2c(C#N)[nH]c3ccccc23)cc1. The van der Waals surface area contributed by atoms with Crippen molar-refractivity contribution in [3.8, 4) is 18.2 Å². The standard InChI is InChI=1S/C21H15N5/c1-26(2)16-9-7-14(8-10-16)20(15(11-22)12-23)21-17-5-3-4-6-18(17)25-19(21)13-24/h3-10,25H,1-2H3. The van der Waals surface area contributed by atoms with Gasteiger partial charge in [-0.2, -0.15) is 15.8 Å². The number of fused-ring (bicyclic) bond motifs is 1. The first-order valence-corrected chi connectivity index (χ1v) is 7.94. The van der Waals surface area contributed by atoms with E-state index in [1.54, 1.807) is 0 Å². The molecule has 5 nitrogen and oxygen atoms in total. The highest BCUT2D eigenvalue weighted by Crippen LogP contribution is 2.35. The van der Waals surface area contributed by atoms with E-state index in [0.717, 1.165) is 22.2 Å². The summed E-state index contributed by atoms with van der Waals surface area (Å²) in [5.74, 6) is 0. The van der Waals surface area contributed by atoms with Crippen molar-refractivity contribution in [2.75, 3.05) is 19.0 Å². The Morgan fingerprint density at radius 2 is 1.58 bits per heavy atom. The van der Waals surface area contributed by atoms with E-state index in [1.165, 1.54) is 0 Å². The monoisotopic (exact) mass is 337 g/mol. The number of allylic oxidation sites excluding steroid dienone is 1. The van der Waals surface area contributed by atoms with Gasteiger partial charge in [0.05, 0.1) is 0 Å². The molecule has 1 aromatic heterocycles. The average molecular weight is 337 g/mol. The van der Waals surface area contributed by atoms with Crippen LogP contribution in [0.5, 0.6) is 0 Å². The number of hydrogen-bond donors (Lipinski definition) is 1. The minimum absolute atomic E-state index is 0.0242. The molecule has 0 radical (unpaired) electrons. The molecule has 0 amide bonds. The lowest BCUT2D eigenvalue weighted by atomic mass is 9.91. The molecule has 0 saturated carbocycles. The third-order valence-corrected chi connectivity index (χ3v) is 4.21. The second-order valence-electron chi connectivity index (χ2n) is 5.95. The van der Waals surface area contributed by atoms with Gasteiger partial charge in [0, 0.05) is 41.8 Å². The molecule has 0 spiro atoms. The van der Waals surface area contributed by atoms with Gasteiger partial charge in [0.25, 0.3) is 0 Å². The Hall–Kier alpha value is -4.01. The molecule has 1 N–H and O–H groups in total. The van der Waals surface area contributed by atoms with Crippen LogP contribution in [0.25, 0.3) is 16.5 Å². The van der Waals surface area contributed by atoms with Crippen LogP contribution in [0, 0.1) is 34.0 Å². The summed E-state index contributed by atoms with van der Waals surface area (Å²) in [6.45, 7) is 0. The van der Waals surface area contributed by atoms with Crippen molar-refractivity contribution >= 4 is 22.2 Å². The Morgan fingerprint density at radius 1 is 0.923 bits per heavy atom. The van der Waals surface area contributed by atoms with E-state index in [4.69, 9.17) is 0 Å². The van der Waals surface area contributed by atoms with E-state index >= 15 is 0 Å². The molecule has 3 rings (SSSR count). The molecule has 124 valence electrons. The van der Waals surface area contributed by atoms with Crippen LogP contribution in [0.2, 0.25) is 0 Å². The molecule has 2 aromatic carbocycles. The largest absolute Gasteiger partial charge is 0.378 e. The summed E-state index contributed by atoms with van der Waals surface area (Å²) in [6, 6.07) is 21.2. The lowest BCUT2D eigenvalue weighted by molar-refractivity contribution is 1.13. The zero-order valence-corrected chi connectivity index (χ0v) is 14.4. The minimum Gasteiger partial charge on any atom is -0.378 e. The van der Waals surface area contributed by atoms with Gasteiger partial charge < -0.3 is 9.88 Å². The number of para-hydroxylation sites is 1. The zero-order valence-electron chi connectivity index (χ0n) is 14.4. The van der Waals surface area contributed by atoms with Crippen molar-refractivity contribution in [3.63, 3.8) is 0 Å². The summed E-state index contributed by atoms with van der Waals surface area (Å²) < 4.78 is 0. The second kappa shape index (κ2) is 6.85. The van der Waals surface area contributed by atoms with Gasteiger partial charge in [-0.05, 0) is 23.8 Å². The fourth-order valence-corrected chi connectivity index (χ4v) is 2.96. The van der Waals surface area contributed by atoms with Crippen LogP contribution in [0.1, 0.15) is 16.8 Å². The number of rotatable bonds is 3. The van der Waals surface area contributed by atoms with Crippen molar-refractivity contribution in [1.82, 2.24) is 4.98 Å². The molecule has 0 unspecified atom stereocenters. The number of nitriles is 3. The molecule has 0 aliphatic rings. The number of H-pyrrole nitrogens is 1. The molecule has 5 heteroatoms. The van der Waals surface area contributed by atoms with Gasteiger partial charge >= 0.3 is 0 Å². The summed E-state index contributed by atoms with van der Waals surface area (Å²) in [7, 11) is 3.88. The maximum absolute atomic E-state index is 9.58. The smallest absolute Gasteiger partial charge is 0.138 e. The predicted molar refractivity (Wildman–Crippen MR) is 101 cm³/mol. The molecular weight excluding hydrogens is 322 g/mol. The molecule has 0 aliphatic carbocycles. The van der Waals surface area contributed by atoms with E-state index < -0.39 is 0 Å². The van der Waals surface area contributed by atoms with Gasteiger partial charge in [0.15, 0.2) is 0 Å². The van der Waals surface area contributed by atoms with Gasteiger partial charge in [0.1, 0.15) is 29.5 Å². The van der Waals surface area contributed by atoms with Crippen molar-refractivity contribution in [1.29, 1.82) is 15.8 Å².